The van der Waals surface area contributed by atoms with E-state index >= 15 is 0 Å². The number of urea groups is 1. The van der Waals surface area contributed by atoms with Gasteiger partial charge in [-0.25, -0.2) is 9.59 Å². The molecule has 9 heteroatoms. The van der Waals surface area contributed by atoms with E-state index in [1.54, 1.807) is 23.1 Å². The molecule has 4 N–H and O–H groups in total. The first-order valence-electron chi connectivity index (χ1n) is 5.95. The molecule has 9 nitrogen and oxygen atoms in total. The van der Waals surface area contributed by atoms with Crippen LogP contribution in [-0.4, -0.2) is 50.5 Å². The Hall–Kier alpha value is -2.58. The van der Waals surface area contributed by atoms with Gasteiger partial charge >= 0.3 is 18.0 Å². The molecule has 0 aromatic carbocycles. The number of nitrogens with zero attached hydrogens (tertiary/aromatic N) is 2. The van der Waals surface area contributed by atoms with Gasteiger partial charge in [0.25, 0.3) is 0 Å². The van der Waals surface area contributed by atoms with E-state index in [0.29, 0.717) is 19.5 Å². The summed E-state index contributed by atoms with van der Waals surface area (Å²) in [4.78, 5) is 32.6. The van der Waals surface area contributed by atoms with Crippen LogP contribution in [0.1, 0.15) is 12.8 Å². The van der Waals surface area contributed by atoms with Crippen LogP contribution in [0.4, 0.5) is 4.79 Å². The molecular weight excluding hydrogens is 268 g/mol. The highest BCUT2D eigenvalue weighted by molar-refractivity contribution is 5.86. The van der Waals surface area contributed by atoms with Crippen LogP contribution < -0.4 is 10.6 Å². The summed E-state index contributed by atoms with van der Waals surface area (Å²) >= 11 is 0. The van der Waals surface area contributed by atoms with Gasteiger partial charge in [0.15, 0.2) is 0 Å². The Bertz CT molecular complexity index is 459. The fraction of sp³-hybridized carbons (Fsp3) is 0.455. The molecule has 0 bridgehead atoms. The number of carboxylic acid groups (broad SMARTS) is 2. The van der Waals surface area contributed by atoms with Crippen molar-refractivity contribution in [2.24, 2.45) is 0 Å². The third-order valence-corrected chi connectivity index (χ3v) is 2.39. The summed E-state index contributed by atoms with van der Waals surface area (Å²) in [6.45, 7) is 0.940. The van der Waals surface area contributed by atoms with Crippen molar-refractivity contribution in [2.75, 3.05) is 6.54 Å². The maximum atomic E-state index is 11.4. The lowest BCUT2D eigenvalue weighted by Gasteiger charge is -2.13. The molecule has 1 atom stereocenters. The lowest BCUT2D eigenvalue weighted by atomic mass is 10.2. The third-order valence-electron chi connectivity index (χ3n) is 2.39. The fourth-order valence-electron chi connectivity index (χ4n) is 1.46. The van der Waals surface area contributed by atoms with Crippen molar-refractivity contribution in [2.45, 2.75) is 25.4 Å². The molecule has 1 aromatic rings. The number of carboxylic acids is 2. The topological polar surface area (TPSA) is 134 Å². The van der Waals surface area contributed by atoms with Crippen molar-refractivity contribution in [1.29, 1.82) is 0 Å². The Morgan fingerprint density at radius 3 is 2.60 bits per heavy atom. The number of aromatic nitrogens is 2. The van der Waals surface area contributed by atoms with Crippen LogP contribution in [0, 0.1) is 0 Å². The van der Waals surface area contributed by atoms with Gasteiger partial charge in [-0.2, -0.15) is 5.10 Å². The van der Waals surface area contributed by atoms with Gasteiger partial charge < -0.3 is 20.8 Å². The molecule has 110 valence electrons. The Balaban J connectivity index is 2.24. The second kappa shape index (κ2) is 7.77. The minimum absolute atomic E-state index is 0.325. The van der Waals surface area contributed by atoms with Gasteiger partial charge in [-0.1, -0.05) is 0 Å². The van der Waals surface area contributed by atoms with Crippen molar-refractivity contribution in [3.63, 3.8) is 0 Å². The van der Waals surface area contributed by atoms with Crippen LogP contribution in [0.2, 0.25) is 0 Å². The summed E-state index contributed by atoms with van der Waals surface area (Å²) in [5, 5.41) is 25.8. The lowest BCUT2D eigenvalue weighted by molar-refractivity contribution is -0.145. The van der Waals surface area contributed by atoms with Crippen molar-refractivity contribution >= 4 is 18.0 Å². The van der Waals surface area contributed by atoms with Gasteiger partial charge in [0.1, 0.15) is 6.04 Å². The first kappa shape index (κ1) is 15.5. The van der Waals surface area contributed by atoms with E-state index in [0.717, 1.165) is 0 Å². The van der Waals surface area contributed by atoms with Crippen LogP contribution >= 0.6 is 0 Å². The number of aryl methyl sites for hydroxylation is 1. The quantitative estimate of drug-likeness (QED) is 0.475. The van der Waals surface area contributed by atoms with Crippen LogP contribution in [0.3, 0.4) is 0 Å². The van der Waals surface area contributed by atoms with E-state index in [1.807, 2.05) is 0 Å². The highest BCUT2D eigenvalue weighted by Crippen LogP contribution is 1.93. The lowest BCUT2D eigenvalue weighted by Crippen LogP contribution is -2.47. The highest BCUT2D eigenvalue weighted by Gasteiger charge is 2.22. The molecule has 0 unspecified atom stereocenters. The standard InChI is InChI=1S/C11H16N4O5/c16-9(17)7-8(10(18)19)14-11(20)12-3-1-5-15-6-2-4-13-15/h2,4,6,8H,1,3,5,7H2,(H,16,17)(H,18,19)(H2,12,14,20)/t8-/m1/s1. The molecule has 2 amide bonds. The van der Waals surface area contributed by atoms with Crippen molar-refractivity contribution in [3.8, 4) is 0 Å². The Kier molecular flexibility index (Phi) is 6.01. The Labute approximate surface area is 114 Å². The second-order valence-corrected chi connectivity index (χ2v) is 4.01. The number of aliphatic carboxylic acids is 2. The summed E-state index contributed by atoms with van der Waals surface area (Å²) < 4.78 is 1.70. The summed E-state index contributed by atoms with van der Waals surface area (Å²) in [7, 11) is 0. The average Bonchev–Trinajstić information content (AvgIpc) is 2.86. The normalized spacial score (nSPS) is 11.6. The molecule has 1 rings (SSSR count). The molecule has 20 heavy (non-hydrogen) atoms. The number of carbonyl (C=O) groups excluding carboxylic acids is 1. The van der Waals surface area contributed by atoms with Gasteiger partial charge in [-0.3, -0.25) is 9.48 Å². The zero-order valence-corrected chi connectivity index (χ0v) is 10.7. The first-order valence-corrected chi connectivity index (χ1v) is 5.95. The summed E-state index contributed by atoms with van der Waals surface area (Å²) in [6, 6.07) is -0.374. The Morgan fingerprint density at radius 1 is 1.30 bits per heavy atom. The molecule has 0 saturated heterocycles. The SMILES string of the molecule is O=C(O)C[C@@H](NC(=O)NCCCn1cccn1)C(=O)O. The van der Waals surface area contributed by atoms with Crippen LogP contribution in [0.15, 0.2) is 18.5 Å². The van der Waals surface area contributed by atoms with E-state index in [1.165, 1.54) is 0 Å². The maximum absolute atomic E-state index is 11.4. The average molecular weight is 284 g/mol. The van der Waals surface area contributed by atoms with Gasteiger partial charge in [-0.15, -0.1) is 0 Å². The molecule has 0 aliphatic rings. The number of rotatable bonds is 8. The maximum Gasteiger partial charge on any atom is 0.326 e. The Morgan fingerprint density at radius 2 is 2.05 bits per heavy atom. The van der Waals surface area contributed by atoms with Crippen LogP contribution in [-0.2, 0) is 16.1 Å². The van der Waals surface area contributed by atoms with E-state index < -0.39 is 30.4 Å². The molecule has 1 heterocycles. The summed E-state index contributed by atoms with van der Waals surface area (Å²) in [5.41, 5.74) is 0. The van der Waals surface area contributed by atoms with Gasteiger partial charge in [0.2, 0.25) is 0 Å². The van der Waals surface area contributed by atoms with Crippen LogP contribution in [0.5, 0.6) is 0 Å². The monoisotopic (exact) mass is 284 g/mol. The smallest absolute Gasteiger partial charge is 0.326 e. The van der Waals surface area contributed by atoms with E-state index in [9.17, 15) is 14.4 Å². The minimum atomic E-state index is -1.45. The second-order valence-electron chi connectivity index (χ2n) is 4.01. The van der Waals surface area contributed by atoms with Gasteiger partial charge in [0.05, 0.1) is 6.42 Å². The summed E-state index contributed by atoms with van der Waals surface area (Å²) in [5.74, 6) is -2.68. The first-order chi connectivity index (χ1) is 9.49. The number of carbonyl (C=O) groups is 3. The highest BCUT2D eigenvalue weighted by atomic mass is 16.4. The molecule has 1 aromatic heterocycles. The number of amides is 2. The summed E-state index contributed by atoms with van der Waals surface area (Å²) in [6.07, 6.45) is 3.37. The molecule has 0 radical (unpaired) electrons. The van der Waals surface area contributed by atoms with E-state index in [4.69, 9.17) is 10.2 Å². The number of hydrogen-bond acceptors (Lipinski definition) is 4. The molecule has 0 aliphatic heterocycles. The van der Waals surface area contributed by atoms with E-state index in [-0.39, 0.29) is 0 Å². The van der Waals surface area contributed by atoms with Crippen molar-refractivity contribution < 1.29 is 24.6 Å². The predicted molar refractivity (Wildman–Crippen MR) is 67.1 cm³/mol. The van der Waals surface area contributed by atoms with Crippen molar-refractivity contribution in [3.05, 3.63) is 18.5 Å². The van der Waals surface area contributed by atoms with Gasteiger partial charge in [-0.05, 0) is 12.5 Å². The molecule has 0 fully saturated rings. The third kappa shape index (κ3) is 5.85. The number of hydrogen-bond donors (Lipinski definition) is 4. The molecule has 0 spiro atoms. The van der Waals surface area contributed by atoms with Gasteiger partial charge in [0, 0.05) is 25.5 Å². The predicted octanol–water partition coefficient (Wildman–Crippen LogP) is -0.500. The molecular formula is C11H16N4O5. The molecule has 0 aliphatic carbocycles. The zero-order valence-electron chi connectivity index (χ0n) is 10.7. The van der Waals surface area contributed by atoms with Crippen molar-refractivity contribution in [1.82, 2.24) is 20.4 Å². The largest absolute Gasteiger partial charge is 0.481 e. The number of nitrogens with one attached hydrogen (secondary N) is 2. The minimum Gasteiger partial charge on any atom is -0.481 e. The van der Waals surface area contributed by atoms with E-state index in [2.05, 4.69) is 15.7 Å². The zero-order chi connectivity index (χ0) is 15.0. The fourth-order valence-corrected chi connectivity index (χ4v) is 1.46. The molecule has 0 saturated carbocycles. The van der Waals surface area contributed by atoms with Crippen LogP contribution in [0.25, 0.3) is 0 Å².